The maximum Gasteiger partial charge on any atom is 0.261 e. The molecule has 5 heteroatoms. The molecule has 2 N–H and O–H groups in total. The molecular formula is C11H16N2O2S. The lowest BCUT2D eigenvalue weighted by atomic mass is 10.2. The van der Waals surface area contributed by atoms with Gasteiger partial charge in [0.2, 0.25) is 0 Å². The summed E-state index contributed by atoms with van der Waals surface area (Å²) in [7, 11) is 0. The zero-order chi connectivity index (χ0) is 11.4. The van der Waals surface area contributed by atoms with Gasteiger partial charge in [-0.3, -0.25) is 4.79 Å². The van der Waals surface area contributed by atoms with Crippen molar-refractivity contribution in [2.45, 2.75) is 13.0 Å². The van der Waals surface area contributed by atoms with Crippen molar-refractivity contribution in [2.75, 3.05) is 26.3 Å². The van der Waals surface area contributed by atoms with E-state index in [0.29, 0.717) is 13.2 Å². The first-order valence-corrected chi connectivity index (χ1v) is 6.23. The Bertz CT molecular complexity index is 359. The molecule has 1 aromatic rings. The summed E-state index contributed by atoms with van der Waals surface area (Å²) in [5.74, 6) is 0.00507. The summed E-state index contributed by atoms with van der Waals surface area (Å²) in [5, 5.41) is 6.21. The van der Waals surface area contributed by atoms with Gasteiger partial charge in [-0.1, -0.05) is 0 Å². The summed E-state index contributed by atoms with van der Waals surface area (Å²) in [4.78, 5) is 13.7. The van der Waals surface area contributed by atoms with Crippen molar-refractivity contribution < 1.29 is 9.53 Å². The third-order valence-electron chi connectivity index (χ3n) is 2.47. The van der Waals surface area contributed by atoms with Gasteiger partial charge in [0.15, 0.2) is 0 Å². The molecule has 1 atom stereocenters. The molecule has 1 unspecified atom stereocenters. The van der Waals surface area contributed by atoms with Crippen LogP contribution in [-0.2, 0) is 4.74 Å². The highest BCUT2D eigenvalue weighted by molar-refractivity contribution is 7.13. The highest BCUT2D eigenvalue weighted by Gasteiger charge is 2.14. The van der Waals surface area contributed by atoms with E-state index >= 15 is 0 Å². The van der Waals surface area contributed by atoms with E-state index in [9.17, 15) is 4.79 Å². The Balaban J connectivity index is 1.79. The molecule has 0 aromatic carbocycles. The van der Waals surface area contributed by atoms with Crippen LogP contribution in [0.4, 0.5) is 0 Å². The van der Waals surface area contributed by atoms with Crippen LogP contribution in [0.15, 0.2) is 12.1 Å². The van der Waals surface area contributed by atoms with E-state index in [1.807, 2.05) is 19.1 Å². The van der Waals surface area contributed by atoms with Crippen molar-refractivity contribution in [3.63, 3.8) is 0 Å². The molecule has 16 heavy (non-hydrogen) atoms. The van der Waals surface area contributed by atoms with E-state index in [0.717, 1.165) is 22.9 Å². The Kier molecular flexibility index (Phi) is 3.93. The maximum atomic E-state index is 11.7. The fourth-order valence-electron chi connectivity index (χ4n) is 1.61. The number of hydrogen-bond acceptors (Lipinski definition) is 4. The van der Waals surface area contributed by atoms with Gasteiger partial charge in [-0.05, 0) is 19.1 Å². The molecule has 0 aliphatic carbocycles. The van der Waals surface area contributed by atoms with Gasteiger partial charge < -0.3 is 15.4 Å². The molecule has 88 valence electrons. The highest BCUT2D eigenvalue weighted by Crippen LogP contribution is 2.14. The number of carbonyl (C=O) groups is 1. The third kappa shape index (κ3) is 3.04. The quantitative estimate of drug-likeness (QED) is 0.820. The monoisotopic (exact) mass is 240 g/mol. The normalized spacial score (nSPS) is 20.7. The lowest BCUT2D eigenvalue weighted by Crippen LogP contribution is -2.48. The molecule has 1 fully saturated rings. The van der Waals surface area contributed by atoms with Crippen LogP contribution >= 0.6 is 11.3 Å². The van der Waals surface area contributed by atoms with Gasteiger partial charge in [0.25, 0.3) is 5.91 Å². The van der Waals surface area contributed by atoms with E-state index in [1.165, 1.54) is 11.3 Å². The summed E-state index contributed by atoms with van der Waals surface area (Å²) in [6.07, 6.45) is 0. The molecule has 1 aromatic heterocycles. The summed E-state index contributed by atoms with van der Waals surface area (Å²) >= 11 is 1.52. The first kappa shape index (κ1) is 11.6. The van der Waals surface area contributed by atoms with Crippen molar-refractivity contribution in [1.29, 1.82) is 0 Å². The van der Waals surface area contributed by atoms with Crippen molar-refractivity contribution in [1.82, 2.24) is 10.6 Å². The van der Waals surface area contributed by atoms with Gasteiger partial charge in [-0.25, -0.2) is 0 Å². The molecule has 4 nitrogen and oxygen atoms in total. The second-order valence-electron chi connectivity index (χ2n) is 3.85. The number of ether oxygens (including phenoxy) is 1. The number of aryl methyl sites for hydroxylation is 1. The summed E-state index contributed by atoms with van der Waals surface area (Å²) in [6, 6.07) is 4.06. The Morgan fingerprint density at radius 2 is 2.56 bits per heavy atom. The third-order valence-corrected chi connectivity index (χ3v) is 3.47. The largest absolute Gasteiger partial charge is 0.378 e. The predicted molar refractivity (Wildman–Crippen MR) is 64.0 cm³/mol. The summed E-state index contributed by atoms with van der Waals surface area (Å²) in [5.41, 5.74) is 0. The Hall–Kier alpha value is -0.910. The molecule has 1 aliphatic rings. The van der Waals surface area contributed by atoms with E-state index in [-0.39, 0.29) is 11.9 Å². The molecule has 0 spiro atoms. The predicted octanol–water partition coefficient (Wildman–Crippen LogP) is 0.775. The van der Waals surface area contributed by atoms with Crippen LogP contribution in [0.25, 0.3) is 0 Å². The number of morpholine rings is 1. The molecule has 1 amide bonds. The number of hydrogen-bond donors (Lipinski definition) is 2. The average molecular weight is 240 g/mol. The topological polar surface area (TPSA) is 50.4 Å². The minimum absolute atomic E-state index is 0.00507. The van der Waals surface area contributed by atoms with E-state index in [1.54, 1.807) is 0 Å². The molecule has 0 bridgehead atoms. The van der Waals surface area contributed by atoms with Crippen molar-refractivity contribution in [3.05, 3.63) is 21.9 Å². The van der Waals surface area contributed by atoms with Crippen LogP contribution in [0, 0.1) is 6.92 Å². The van der Waals surface area contributed by atoms with Crippen LogP contribution in [0.5, 0.6) is 0 Å². The van der Waals surface area contributed by atoms with Crippen LogP contribution in [0.3, 0.4) is 0 Å². The number of thiophene rings is 1. The average Bonchev–Trinajstić information content (AvgIpc) is 2.74. The molecular weight excluding hydrogens is 224 g/mol. The Morgan fingerprint density at radius 3 is 3.19 bits per heavy atom. The first-order chi connectivity index (χ1) is 7.75. The standard InChI is InChI=1S/C11H16N2O2S/c1-8-2-3-10(16-8)11(14)13-6-9-7-15-5-4-12-9/h2-3,9,12H,4-7H2,1H3,(H,13,14). The number of nitrogens with one attached hydrogen (secondary N) is 2. The maximum absolute atomic E-state index is 11.7. The van der Waals surface area contributed by atoms with Crippen LogP contribution < -0.4 is 10.6 Å². The molecule has 2 heterocycles. The minimum Gasteiger partial charge on any atom is -0.378 e. The van der Waals surface area contributed by atoms with Gasteiger partial charge in [-0.2, -0.15) is 0 Å². The van der Waals surface area contributed by atoms with Crippen LogP contribution in [-0.4, -0.2) is 38.3 Å². The molecule has 2 rings (SSSR count). The minimum atomic E-state index is 0.00507. The van der Waals surface area contributed by atoms with Gasteiger partial charge in [0.1, 0.15) is 0 Å². The van der Waals surface area contributed by atoms with Gasteiger partial charge in [-0.15, -0.1) is 11.3 Å². The number of rotatable bonds is 3. The Morgan fingerprint density at radius 1 is 1.69 bits per heavy atom. The molecule has 0 saturated carbocycles. The lowest BCUT2D eigenvalue weighted by Gasteiger charge is -2.23. The van der Waals surface area contributed by atoms with Gasteiger partial charge >= 0.3 is 0 Å². The second kappa shape index (κ2) is 5.43. The van der Waals surface area contributed by atoms with Crippen LogP contribution in [0.2, 0.25) is 0 Å². The summed E-state index contributed by atoms with van der Waals surface area (Å²) < 4.78 is 5.31. The van der Waals surface area contributed by atoms with E-state index < -0.39 is 0 Å². The summed E-state index contributed by atoms with van der Waals surface area (Å²) in [6.45, 7) is 4.91. The number of amides is 1. The molecule has 0 radical (unpaired) electrons. The Labute approximate surface area is 99.0 Å². The zero-order valence-electron chi connectivity index (χ0n) is 9.29. The van der Waals surface area contributed by atoms with Crippen molar-refractivity contribution in [2.24, 2.45) is 0 Å². The first-order valence-electron chi connectivity index (χ1n) is 5.41. The van der Waals surface area contributed by atoms with Gasteiger partial charge in [0, 0.05) is 24.0 Å². The molecule has 1 aliphatic heterocycles. The van der Waals surface area contributed by atoms with E-state index in [4.69, 9.17) is 4.74 Å². The smallest absolute Gasteiger partial charge is 0.261 e. The van der Waals surface area contributed by atoms with Crippen LogP contribution in [0.1, 0.15) is 14.5 Å². The lowest BCUT2D eigenvalue weighted by molar-refractivity contribution is 0.0735. The van der Waals surface area contributed by atoms with E-state index in [2.05, 4.69) is 10.6 Å². The fraction of sp³-hybridized carbons (Fsp3) is 0.545. The van der Waals surface area contributed by atoms with Crippen molar-refractivity contribution >= 4 is 17.2 Å². The zero-order valence-corrected chi connectivity index (χ0v) is 10.1. The highest BCUT2D eigenvalue weighted by atomic mass is 32.1. The second-order valence-corrected chi connectivity index (χ2v) is 5.13. The van der Waals surface area contributed by atoms with Gasteiger partial charge in [0.05, 0.1) is 18.1 Å². The molecule has 1 saturated heterocycles. The fourth-order valence-corrected chi connectivity index (χ4v) is 2.39. The van der Waals surface area contributed by atoms with Crippen molar-refractivity contribution in [3.8, 4) is 0 Å². The SMILES string of the molecule is Cc1ccc(C(=O)NCC2COCCN2)s1. The number of carbonyl (C=O) groups excluding carboxylic acids is 1.